The fourth-order valence-electron chi connectivity index (χ4n) is 4.32. The normalized spacial score (nSPS) is 15.1. The number of amides is 2. The zero-order valence-electron chi connectivity index (χ0n) is 20.9. The van der Waals surface area contributed by atoms with Gasteiger partial charge in [0.15, 0.2) is 0 Å². The Bertz CT molecular complexity index is 1150. The molecule has 1 atom stereocenters. The zero-order valence-corrected chi connectivity index (χ0v) is 23.3. The van der Waals surface area contributed by atoms with Crippen LogP contribution in [0.2, 0.25) is 0 Å². The lowest BCUT2D eigenvalue weighted by atomic mass is 9.95. The highest BCUT2D eigenvalue weighted by molar-refractivity contribution is 9.10. The third-order valence-corrected chi connectivity index (χ3v) is 8.04. The third-order valence-electron chi connectivity index (χ3n) is 6.41. The number of benzene rings is 2. The summed E-state index contributed by atoms with van der Waals surface area (Å²) >= 11 is 3.36. The van der Waals surface area contributed by atoms with Crippen LogP contribution in [-0.2, 0) is 26.2 Å². The quantitative estimate of drug-likeness (QED) is 0.457. The monoisotopic (exact) mass is 579 g/mol. The summed E-state index contributed by atoms with van der Waals surface area (Å²) in [5.74, 6) is -0.0303. The molecule has 0 saturated heterocycles. The standard InChI is InChI=1S/C26H34BrN3O5S/c1-19(26(32)28-22-9-5-4-6-10-22)29(17-20-12-14-24(35-2)15-13-20)25(31)18-30(36(3,33)34)23-11-7-8-21(27)16-23/h7-8,11-16,19,22H,4-6,9-10,17-18H2,1-3H3,(H,28,32)/t19-/m1/s1. The number of methoxy groups -OCH3 is 1. The van der Waals surface area contributed by atoms with Gasteiger partial charge < -0.3 is 15.0 Å². The predicted octanol–water partition coefficient (Wildman–Crippen LogP) is 4.09. The van der Waals surface area contributed by atoms with Gasteiger partial charge in [-0.1, -0.05) is 53.4 Å². The van der Waals surface area contributed by atoms with Crippen molar-refractivity contribution in [3.8, 4) is 5.75 Å². The molecule has 0 radical (unpaired) electrons. The van der Waals surface area contributed by atoms with Crippen LogP contribution in [0.15, 0.2) is 53.0 Å². The van der Waals surface area contributed by atoms with Crippen LogP contribution < -0.4 is 14.4 Å². The minimum absolute atomic E-state index is 0.0980. The van der Waals surface area contributed by atoms with E-state index in [1.165, 1.54) is 11.3 Å². The first-order valence-corrected chi connectivity index (χ1v) is 14.7. The molecule has 1 N–H and O–H groups in total. The summed E-state index contributed by atoms with van der Waals surface area (Å²) in [7, 11) is -2.19. The van der Waals surface area contributed by atoms with Crippen molar-refractivity contribution in [2.24, 2.45) is 0 Å². The number of sulfonamides is 1. The molecule has 3 rings (SSSR count). The Labute approximate surface area is 222 Å². The summed E-state index contributed by atoms with van der Waals surface area (Å²) in [4.78, 5) is 28.3. The van der Waals surface area contributed by atoms with Crippen LogP contribution in [-0.4, -0.2) is 57.1 Å². The molecule has 0 bridgehead atoms. The van der Waals surface area contributed by atoms with Crippen LogP contribution in [0.4, 0.5) is 5.69 Å². The lowest BCUT2D eigenvalue weighted by Gasteiger charge is -2.33. The van der Waals surface area contributed by atoms with Crippen molar-refractivity contribution in [3.05, 3.63) is 58.6 Å². The number of hydrogen-bond donors (Lipinski definition) is 1. The summed E-state index contributed by atoms with van der Waals surface area (Å²) < 4.78 is 32.3. The molecule has 2 aromatic rings. The number of nitrogens with zero attached hydrogens (tertiary/aromatic N) is 2. The van der Waals surface area contributed by atoms with Crippen LogP contribution in [0.25, 0.3) is 0 Å². The molecule has 2 amide bonds. The van der Waals surface area contributed by atoms with Gasteiger partial charge in [0, 0.05) is 17.1 Å². The van der Waals surface area contributed by atoms with Gasteiger partial charge in [0.05, 0.1) is 19.1 Å². The Morgan fingerprint density at radius 2 is 1.78 bits per heavy atom. The van der Waals surface area contributed by atoms with E-state index in [4.69, 9.17) is 4.74 Å². The topological polar surface area (TPSA) is 96.0 Å². The van der Waals surface area contributed by atoms with Gasteiger partial charge in [0.25, 0.3) is 0 Å². The number of halogens is 1. The first-order chi connectivity index (χ1) is 17.1. The SMILES string of the molecule is COc1ccc(CN(C(=O)CN(c2cccc(Br)c2)S(C)(=O)=O)[C@H](C)C(=O)NC2CCCCC2)cc1. The molecule has 2 aromatic carbocycles. The second kappa shape index (κ2) is 12.6. The fraction of sp³-hybridized carbons (Fsp3) is 0.462. The minimum atomic E-state index is -3.77. The van der Waals surface area contributed by atoms with Crippen LogP contribution in [0.1, 0.15) is 44.6 Å². The molecule has 1 saturated carbocycles. The maximum atomic E-state index is 13.6. The average molecular weight is 581 g/mol. The molecule has 8 nitrogen and oxygen atoms in total. The third kappa shape index (κ3) is 7.70. The Balaban J connectivity index is 1.86. The molecule has 1 aliphatic rings. The summed E-state index contributed by atoms with van der Waals surface area (Å²) in [5.41, 5.74) is 1.17. The maximum Gasteiger partial charge on any atom is 0.244 e. The summed E-state index contributed by atoms with van der Waals surface area (Å²) in [6.45, 7) is 1.41. The average Bonchev–Trinajstić information content (AvgIpc) is 2.85. The fourth-order valence-corrected chi connectivity index (χ4v) is 5.55. The molecule has 0 heterocycles. The van der Waals surface area contributed by atoms with Crippen molar-refractivity contribution < 1.29 is 22.7 Å². The van der Waals surface area contributed by atoms with Gasteiger partial charge in [-0.2, -0.15) is 0 Å². The van der Waals surface area contributed by atoms with Gasteiger partial charge in [-0.3, -0.25) is 13.9 Å². The first-order valence-electron chi connectivity index (χ1n) is 12.0. The van der Waals surface area contributed by atoms with Crippen molar-refractivity contribution in [1.29, 1.82) is 0 Å². The molecular weight excluding hydrogens is 546 g/mol. The van der Waals surface area contributed by atoms with Gasteiger partial charge in [0.2, 0.25) is 21.8 Å². The highest BCUT2D eigenvalue weighted by Gasteiger charge is 2.31. The number of anilines is 1. The van der Waals surface area contributed by atoms with Gasteiger partial charge in [0.1, 0.15) is 18.3 Å². The van der Waals surface area contributed by atoms with Gasteiger partial charge >= 0.3 is 0 Å². The summed E-state index contributed by atoms with van der Waals surface area (Å²) in [5, 5.41) is 3.09. The Morgan fingerprint density at radius 1 is 1.11 bits per heavy atom. The van der Waals surface area contributed by atoms with Crippen molar-refractivity contribution in [3.63, 3.8) is 0 Å². The highest BCUT2D eigenvalue weighted by Crippen LogP contribution is 2.23. The molecule has 0 aliphatic heterocycles. The van der Waals surface area contributed by atoms with E-state index >= 15 is 0 Å². The van der Waals surface area contributed by atoms with Gasteiger partial charge in [-0.15, -0.1) is 0 Å². The number of carbonyl (C=O) groups is 2. The predicted molar refractivity (Wildman–Crippen MR) is 144 cm³/mol. The second-order valence-electron chi connectivity index (χ2n) is 9.14. The van der Waals surface area contributed by atoms with Crippen molar-refractivity contribution in [1.82, 2.24) is 10.2 Å². The zero-order chi connectivity index (χ0) is 26.3. The van der Waals surface area contributed by atoms with Crippen molar-refractivity contribution in [2.45, 2.75) is 57.7 Å². The Hall–Kier alpha value is -2.59. The largest absolute Gasteiger partial charge is 0.497 e. The molecule has 0 spiro atoms. The smallest absolute Gasteiger partial charge is 0.244 e. The van der Waals surface area contributed by atoms with E-state index in [9.17, 15) is 18.0 Å². The molecule has 196 valence electrons. The number of hydrogen-bond acceptors (Lipinski definition) is 5. The van der Waals surface area contributed by atoms with Crippen molar-refractivity contribution in [2.75, 3.05) is 24.2 Å². The number of nitrogens with one attached hydrogen (secondary N) is 1. The molecule has 0 unspecified atom stereocenters. The maximum absolute atomic E-state index is 13.6. The minimum Gasteiger partial charge on any atom is -0.497 e. The van der Waals surface area contributed by atoms with E-state index in [2.05, 4.69) is 21.2 Å². The first kappa shape index (κ1) is 28.0. The summed E-state index contributed by atoms with van der Waals surface area (Å²) in [6, 6.07) is 13.3. The Morgan fingerprint density at radius 3 is 2.36 bits per heavy atom. The number of ether oxygens (including phenoxy) is 1. The molecule has 36 heavy (non-hydrogen) atoms. The van der Waals surface area contributed by atoms with E-state index in [1.807, 2.05) is 12.1 Å². The van der Waals surface area contributed by atoms with E-state index in [0.29, 0.717) is 15.9 Å². The molecule has 1 fully saturated rings. The van der Waals surface area contributed by atoms with Crippen LogP contribution in [0, 0.1) is 0 Å². The van der Waals surface area contributed by atoms with E-state index in [1.54, 1.807) is 50.4 Å². The van der Waals surface area contributed by atoms with Gasteiger partial charge in [-0.25, -0.2) is 8.42 Å². The van der Waals surface area contributed by atoms with Crippen LogP contribution in [0.5, 0.6) is 5.75 Å². The van der Waals surface area contributed by atoms with Crippen LogP contribution in [0.3, 0.4) is 0 Å². The highest BCUT2D eigenvalue weighted by atomic mass is 79.9. The molecule has 1 aliphatic carbocycles. The number of carbonyl (C=O) groups excluding carboxylic acids is 2. The van der Waals surface area contributed by atoms with Gasteiger partial charge in [-0.05, 0) is 55.7 Å². The van der Waals surface area contributed by atoms with E-state index in [-0.39, 0.29) is 18.5 Å². The number of rotatable bonds is 10. The van der Waals surface area contributed by atoms with E-state index in [0.717, 1.165) is 41.8 Å². The van der Waals surface area contributed by atoms with Crippen molar-refractivity contribution >= 4 is 43.5 Å². The lowest BCUT2D eigenvalue weighted by Crippen LogP contribution is -2.52. The van der Waals surface area contributed by atoms with Crippen LogP contribution >= 0.6 is 15.9 Å². The Kier molecular flexibility index (Phi) is 9.78. The summed E-state index contributed by atoms with van der Waals surface area (Å²) in [6.07, 6.45) is 6.23. The molecular formula is C26H34BrN3O5S. The second-order valence-corrected chi connectivity index (χ2v) is 12.0. The molecule has 0 aromatic heterocycles. The lowest BCUT2D eigenvalue weighted by molar-refractivity contribution is -0.139. The van der Waals surface area contributed by atoms with E-state index < -0.39 is 28.5 Å². The molecule has 10 heteroatoms.